The summed E-state index contributed by atoms with van der Waals surface area (Å²) in [5.74, 6) is 0. The van der Waals surface area contributed by atoms with Gasteiger partial charge in [0.2, 0.25) is 0 Å². The minimum absolute atomic E-state index is 1.06. The molecule has 102 valence electrons. The maximum Gasteiger partial charge on any atom is 0.0437 e. The first-order valence-corrected chi connectivity index (χ1v) is 7.61. The summed E-state index contributed by atoms with van der Waals surface area (Å²) in [6.45, 7) is 3.57. The van der Waals surface area contributed by atoms with Gasteiger partial charge >= 0.3 is 0 Å². The van der Waals surface area contributed by atoms with E-state index in [4.69, 9.17) is 0 Å². The lowest BCUT2D eigenvalue weighted by Gasteiger charge is -2.37. The van der Waals surface area contributed by atoms with Gasteiger partial charge < -0.3 is 10.2 Å². The molecule has 0 fully saturated rings. The van der Waals surface area contributed by atoms with Gasteiger partial charge in [-0.2, -0.15) is 0 Å². The zero-order valence-corrected chi connectivity index (χ0v) is 11.9. The number of nitrogens with one attached hydrogen (secondary N) is 1. The molecule has 0 aromatic heterocycles. The molecule has 2 aliphatic heterocycles. The van der Waals surface area contributed by atoms with E-state index in [1.54, 1.807) is 16.8 Å². The van der Waals surface area contributed by atoms with E-state index in [2.05, 4.69) is 34.5 Å². The zero-order chi connectivity index (χ0) is 13.1. The van der Waals surface area contributed by atoms with Crippen LogP contribution in [-0.4, -0.2) is 26.7 Å². The average molecular weight is 256 g/mol. The second-order valence-corrected chi connectivity index (χ2v) is 5.63. The molecule has 0 radical (unpaired) electrons. The Morgan fingerprint density at radius 2 is 2.05 bits per heavy atom. The van der Waals surface area contributed by atoms with Gasteiger partial charge in [-0.05, 0) is 62.4 Å². The van der Waals surface area contributed by atoms with Crippen LogP contribution < -0.4 is 10.2 Å². The number of hydrogen-bond acceptors (Lipinski definition) is 2. The third-order valence-corrected chi connectivity index (χ3v) is 4.31. The first-order chi connectivity index (χ1) is 9.40. The molecule has 1 N–H and O–H groups in total. The second-order valence-electron chi connectivity index (χ2n) is 5.63. The van der Waals surface area contributed by atoms with Gasteiger partial charge in [-0.25, -0.2) is 0 Å². The van der Waals surface area contributed by atoms with Crippen molar-refractivity contribution in [3.63, 3.8) is 0 Å². The Hall–Kier alpha value is -1.28. The summed E-state index contributed by atoms with van der Waals surface area (Å²) in [6, 6.07) is 4.69. The van der Waals surface area contributed by atoms with Crippen LogP contribution in [0.15, 0.2) is 18.2 Å². The SMILES string of the molecule is CNCCC=Cc1ccc2c3c1CCCN3CCC2. The summed E-state index contributed by atoms with van der Waals surface area (Å²) in [7, 11) is 2.01. The third-order valence-electron chi connectivity index (χ3n) is 4.31. The summed E-state index contributed by atoms with van der Waals surface area (Å²) in [5.41, 5.74) is 6.20. The summed E-state index contributed by atoms with van der Waals surface area (Å²) < 4.78 is 0. The molecule has 0 atom stereocenters. The number of nitrogens with zero attached hydrogens (tertiary/aromatic N) is 1. The predicted octanol–water partition coefficient (Wildman–Crippen LogP) is 3.01. The number of hydrogen-bond donors (Lipinski definition) is 1. The third kappa shape index (κ3) is 2.55. The van der Waals surface area contributed by atoms with E-state index in [9.17, 15) is 0 Å². The van der Waals surface area contributed by atoms with Crippen molar-refractivity contribution in [3.05, 3.63) is 34.9 Å². The van der Waals surface area contributed by atoms with Crippen LogP contribution in [0, 0.1) is 0 Å². The molecule has 2 aliphatic rings. The first kappa shape index (κ1) is 12.7. The van der Waals surface area contributed by atoms with E-state index in [1.807, 2.05) is 7.05 Å². The largest absolute Gasteiger partial charge is 0.371 e. The van der Waals surface area contributed by atoms with Crippen LogP contribution in [-0.2, 0) is 12.8 Å². The standard InChI is InChI=1S/C17H24N2/c1-18-11-3-2-6-14-9-10-15-7-4-12-19-13-5-8-16(14)17(15)19/h2,6,9-10,18H,3-5,7-8,11-13H2,1H3. The summed E-state index contributed by atoms with van der Waals surface area (Å²) >= 11 is 0. The molecule has 1 aromatic carbocycles. The second kappa shape index (κ2) is 5.79. The number of benzene rings is 1. The van der Waals surface area contributed by atoms with Gasteiger partial charge in [0.05, 0.1) is 0 Å². The number of aryl methyl sites for hydroxylation is 1. The molecule has 0 bridgehead atoms. The fourth-order valence-corrected chi connectivity index (χ4v) is 3.40. The van der Waals surface area contributed by atoms with Crippen molar-refractivity contribution in [1.29, 1.82) is 0 Å². The van der Waals surface area contributed by atoms with Crippen molar-refractivity contribution in [3.8, 4) is 0 Å². The van der Waals surface area contributed by atoms with E-state index in [-0.39, 0.29) is 0 Å². The number of anilines is 1. The van der Waals surface area contributed by atoms with Crippen molar-refractivity contribution in [1.82, 2.24) is 5.32 Å². The summed E-state index contributed by atoms with van der Waals surface area (Å²) in [5, 5.41) is 3.19. The van der Waals surface area contributed by atoms with Crippen LogP contribution in [0.1, 0.15) is 36.0 Å². The summed E-state index contributed by atoms with van der Waals surface area (Å²) in [6.07, 6.45) is 10.9. The average Bonchev–Trinajstić information content (AvgIpc) is 2.46. The Morgan fingerprint density at radius 3 is 2.89 bits per heavy atom. The quantitative estimate of drug-likeness (QED) is 0.833. The molecule has 19 heavy (non-hydrogen) atoms. The topological polar surface area (TPSA) is 15.3 Å². The molecule has 0 aliphatic carbocycles. The molecule has 0 saturated heterocycles. The monoisotopic (exact) mass is 256 g/mol. The van der Waals surface area contributed by atoms with Crippen LogP contribution in [0.3, 0.4) is 0 Å². The lowest BCUT2D eigenvalue weighted by atomic mass is 9.88. The van der Waals surface area contributed by atoms with Crippen molar-refractivity contribution >= 4 is 11.8 Å². The molecule has 0 unspecified atom stereocenters. The molecule has 2 heteroatoms. The van der Waals surface area contributed by atoms with Gasteiger partial charge in [0.1, 0.15) is 0 Å². The lowest BCUT2D eigenvalue weighted by molar-refractivity contribution is 0.633. The fourth-order valence-electron chi connectivity index (χ4n) is 3.40. The van der Waals surface area contributed by atoms with Crippen LogP contribution in [0.4, 0.5) is 5.69 Å². The van der Waals surface area contributed by atoms with E-state index >= 15 is 0 Å². The minimum atomic E-state index is 1.06. The molecule has 1 aromatic rings. The molecular formula is C17H24N2. The van der Waals surface area contributed by atoms with E-state index in [1.165, 1.54) is 44.3 Å². The van der Waals surface area contributed by atoms with E-state index in [0.717, 1.165) is 13.0 Å². The summed E-state index contributed by atoms with van der Waals surface area (Å²) in [4.78, 5) is 2.61. The molecular weight excluding hydrogens is 232 g/mol. The molecule has 2 nitrogen and oxygen atoms in total. The maximum atomic E-state index is 3.19. The van der Waals surface area contributed by atoms with Gasteiger partial charge in [0.15, 0.2) is 0 Å². The van der Waals surface area contributed by atoms with Gasteiger partial charge in [-0.15, -0.1) is 0 Å². The van der Waals surface area contributed by atoms with Crippen molar-refractivity contribution in [2.24, 2.45) is 0 Å². The van der Waals surface area contributed by atoms with Gasteiger partial charge in [-0.3, -0.25) is 0 Å². The Labute approximate surface area is 116 Å². The molecule has 0 amide bonds. The highest BCUT2D eigenvalue weighted by Gasteiger charge is 2.24. The molecule has 2 heterocycles. The maximum absolute atomic E-state index is 3.19. The Bertz CT molecular complexity index is 474. The number of rotatable bonds is 4. The van der Waals surface area contributed by atoms with Gasteiger partial charge in [0, 0.05) is 18.8 Å². The van der Waals surface area contributed by atoms with E-state index < -0.39 is 0 Å². The highest BCUT2D eigenvalue weighted by Crippen LogP contribution is 2.37. The minimum Gasteiger partial charge on any atom is -0.371 e. The van der Waals surface area contributed by atoms with Crippen LogP contribution in [0.2, 0.25) is 0 Å². The highest BCUT2D eigenvalue weighted by molar-refractivity contribution is 5.71. The smallest absolute Gasteiger partial charge is 0.0437 e. The van der Waals surface area contributed by atoms with E-state index in [0.29, 0.717) is 0 Å². The van der Waals surface area contributed by atoms with Crippen LogP contribution in [0.5, 0.6) is 0 Å². The zero-order valence-electron chi connectivity index (χ0n) is 11.9. The first-order valence-electron chi connectivity index (χ1n) is 7.61. The van der Waals surface area contributed by atoms with Gasteiger partial charge in [0.25, 0.3) is 0 Å². The fraction of sp³-hybridized carbons (Fsp3) is 0.529. The Kier molecular flexibility index (Phi) is 3.88. The molecule has 0 saturated carbocycles. The van der Waals surface area contributed by atoms with Crippen molar-refractivity contribution < 1.29 is 0 Å². The molecule has 3 rings (SSSR count). The van der Waals surface area contributed by atoms with Crippen LogP contribution in [0.25, 0.3) is 6.08 Å². The lowest BCUT2D eigenvalue weighted by Crippen LogP contribution is -2.34. The van der Waals surface area contributed by atoms with Crippen molar-refractivity contribution in [2.45, 2.75) is 32.1 Å². The Morgan fingerprint density at radius 1 is 1.21 bits per heavy atom. The van der Waals surface area contributed by atoms with Crippen LogP contribution >= 0.6 is 0 Å². The molecule has 0 spiro atoms. The van der Waals surface area contributed by atoms with Gasteiger partial charge in [-0.1, -0.05) is 24.3 Å². The normalized spacial score (nSPS) is 17.8. The highest BCUT2D eigenvalue weighted by atomic mass is 15.1. The predicted molar refractivity (Wildman–Crippen MR) is 82.9 cm³/mol. The Balaban J connectivity index is 1.90. The van der Waals surface area contributed by atoms with Crippen molar-refractivity contribution in [2.75, 3.05) is 31.6 Å².